The van der Waals surface area contributed by atoms with Crippen molar-refractivity contribution in [2.75, 3.05) is 32.1 Å². The van der Waals surface area contributed by atoms with Crippen molar-refractivity contribution in [3.8, 4) is 17.3 Å². The summed E-state index contributed by atoms with van der Waals surface area (Å²) >= 11 is 0. The molecule has 2 amide bonds. The van der Waals surface area contributed by atoms with Gasteiger partial charge in [-0.05, 0) is 42.3 Å². The number of nitrogens with one attached hydrogen (secondary N) is 3. The highest BCUT2D eigenvalue weighted by atomic mass is 19.1. The van der Waals surface area contributed by atoms with Gasteiger partial charge in [0.05, 0.1) is 30.0 Å². The number of alkyl carbamates (subject to hydrolysis) is 1. The Balaban J connectivity index is 1.79. The fraction of sp³-hybridized carbons (Fsp3) is 0.200. The van der Waals surface area contributed by atoms with Crippen molar-refractivity contribution in [2.24, 2.45) is 0 Å². The molecule has 3 rings (SSSR count). The lowest BCUT2D eigenvalue weighted by atomic mass is 10.0. The number of amides is 2. The lowest BCUT2D eigenvalue weighted by Gasteiger charge is -2.14. The maximum atomic E-state index is 13.5. The Kier molecular flexibility index (Phi) is 8.52. The maximum absolute atomic E-state index is 13.5. The van der Waals surface area contributed by atoms with Crippen molar-refractivity contribution in [1.82, 2.24) is 15.6 Å². The molecule has 2 aromatic carbocycles. The van der Waals surface area contributed by atoms with E-state index in [0.717, 1.165) is 5.56 Å². The van der Waals surface area contributed by atoms with Crippen LogP contribution in [0, 0.1) is 17.1 Å². The smallest absolute Gasteiger partial charge is 0.406 e. The first-order valence-corrected chi connectivity index (χ1v) is 10.6. The van der Waals surface area contributed by atoms with Crippen molar-refractivity contribution in [3.63, 3.8) is 0 Å². The fourth-order valence-electron chi connectivity index (χ4n) is 3.26. The zero-order valence-corrected chi connectivity index (χ0v) is 18.6. The monoisotopic (exact) mass is 461 g/mol. The van der Waals surface area contributed by atoms with Crippen LogP contribution in [0.25, 0.3) is 11.3 Å². The highest BCUT2D eigenvalue weighted by Gasteiger charge is 2.15. The van der Waals surface area contributed by atoms with E-state index in [4.69, 9.17) is 0 Å². The molecule has 9 heteroatoms. The van der Waals surface area contributed by atoms with E-state index in [1.165, 1.54) is 19.2 Å². The number of rotatable bonds is 9. The summed E-state index contributed by atoms with van der Waals surface area (Å²) in [6, 6.07) is 18.8. The van der Waals surface area contributed by atoms with Gasteiger partial charge in [0.25, 0.3) is 5.91 Å². The summed E-state index contributed by atoms with van der Waals surface area (Å²) in [6.45, 7) is 0.793. The first-order valence-electron chi connectivity index (χ1n) is 10.6. The van der Waals surface area contributed by atoms with E-state index in [1.54, 1.807) is 36.4 Å². The predicted molar refractivity (Wildman–Crippen MR) is 126 cm³/mol. The lowest BCUT2D eigenvalue weighted by Crippen LogP contribution is -2.35. The number of nitrogens with zero attached hydrogens (tertiary/aromatic N) is 2. The van der Waals surface area contributed by atoms with Gasteiger partial charge >= 0.3 is 6.09 Å². The van der Waals surface area contributed by atoms with Gasteiger partial charge in [0, 0.05) is 25.2 Å². The highest BCUT2D eigenvalue weighted by Crippen LogP contribution is 2.25. The van der Waals surface area contributed by atoms with Crippen LogP contribution in [0.15, 0.2) is 60.7 Å². The number of hydrogen-bond donors (Lipinski definition) is 3. The van der Waals surface area contributed by atoms with Crippen LogP contribution in [0.5, 0.6) is 0 Å². The molecule has 1 heterocycles. The topological polar surface area (TPSA) is 116 Å². The summed E-state index contributed by atoms with van der Waals surface area (Å²) in [6.07, 6.45) is -0.0705. The number of carbonyl (C=O) groups is 2. The van der Waals surface area contributed by atoms with Gasteiger partial charge in [-0.1, -0.05) is 30.3 Å². The molecule has 1 aromatic heterocycles. The Morgan fingerprint density at radius 3 is 2.59 bits per heavy atom. The third kappa shape index (κ3) is 6.53. The lowest BCUT2D eigenvalue weighted by molar-refractivity contribution is 0.0953. The van der Waals surface area contributed by atoms with Crippen LogP contribution in [-0.4, -0.2) is 43.7 Å². The quantitative estimate of drug-likeness (QED) is 0.420. The number of aromatic nitrogens is 1. The molecule has 0 fully saturated rings. The summed E-state index contributed by atoms with van der Waals surface area (Å²) in [7, 11) is 1.26. The van der Waals surface area contributed by atoms with E-state index < -0.39 is 6.09 Å². The van der Waals surface area contributed by atoms with Gasteiger partial charge in [-0.15, -0.1) is 0 Å². The van der Waals surface area contributed by atoms with Crippen molar-refractivity contribution in [1.29, 1.82) is 5.26 Å². The minimum atomic E-state index is -0.587. The molecule has 0 radical (unpaired) electrons. The molecule has 34 heavy (non-hydrogen) atoms. The summed E-state index contributed by atoms with van der Waals surface area (Å²) in [5.41, 5.74) is 2.75. The summed E-state index contributed by atoms with van der Waals surface area (Å²) in [5, 5.41) is 17.8. The molecule has 3 aromatic rings. The number of hydrogen-bond acceptors (Lipinski definition) is 6. The molecule has 0 aliphatic carbocycles. The highest BCUT2D eigenvalue weighted by molar-refractivity contribution is 5.99. The Hall–Kier alpha value is -4.45. The van der Waals surface area contributed by atoms with Crippen LogP contribution < -0.4 is 16.0 Å². The summed E-state index contributed by atoms with van der Waals surface area (Å²) < 4.78 is 18.0. The molecule has 0 aliphatic heterocycles. The zero-order valence-electron chi connectivity index (χ0n) is 18.6. The van der Waals surface area contributed by atoms with Crippen LogP contribution in [0.4, 0.5) is 15.0 Å². The molecule has 0 spiro atoms. The molecule has 0 unspecified atom stereocenters. The second-order valence-corrected chi connectivity index (χ2v) is 7.23. The summed E-state index contributed by atoms with van der Waals surface area (Å²) in [5.74, 6) is -0.362. The molecule has 0 aliphatic rings. The first kappa shape index (κ1) is 24.2. The molecular formula is C25H24FN5O3. The minimum absolute atomic E-state index is 0.190. The van der Waals surface area contributed by atoms with Gasteiger partial charge in [0.1, 0.15) is 11.6 Å². The van der Waals surface area contributed by atoms with E-state index in [9.17, 15) is 19.2 Å². The van der Waals surface area contributed by atoms with Crippen molar-refractivity contribution in [2.45, 2.75) is 6.42 Å². The Morgan fingerprint density at radius 1 is 1.03 bits per heavy atom. The SMILES string of the molecule is COC(=O)NCCNC(=O)c1ccc(-c2ccccc2C#N)nc1NCCc1cccc(F)c1. The fourth-order valence-corrected chi connectivity index (χ4v) is 3.26. The molecule has 0 bridgehead atoms. The second-order valence-electron chi connectivity index (χ2n) is 7.23. The number of nitriles is 1. The molecule has 8 nitrogen and oxygen atoms in total. The van der Waals surface area contributed by atoms with Crippen molar-refractivity contribution >= 4 is 17.8 Å². The van der Waals surface area contributed by atoms with E-state index in [1.807, 2.05) is 12.1 Å². The van der Waals surface area contributed by atoms with E-state index >= 15 is 0 Å². The average Bonchev–Trinajstić information content (AvgIpc) is 2.86. The largest absolute Gasteiger partial charge is 0.453 e. The van der Waals surface area contributed by atoms with Gasteiger partial charge < -0.3 is 20.7 Å². The van der Waals surface area contributed by atoms with E-state index in [-0.39, 0.29) is 24.8 Å². The molecule has 174 valence electrons. The Morgan fingerprint density at radius 2 is 1.82 bits per heavy atom. The van der Waals surface area contributed by atoms with Crippen LogP contribution in [0.3, 0.4) is 0 Å². The van der Waals surface area contributed by atoms with Crippen molar-refractivity contribution < 1.29 is 18.7 Å². The van der Waals surface area contributed by atoms with Gasteiger partial charge in [0.2, 0.25) is 0 Å². The number of carbonyl (C=O) groups excluding carboxylic acids is 2. The van der Waals surface area contributed by atoms with Crippen molar-refractivity contribution in [3.05, 3.63) is 83.2 Å². The molecule has 3 N–H and O–H groups in total. The number of benzene rings is 2. The zero-order chi connectivity index (χ0) is 24.3. The molecular weight excluding hydrogens is 437 g/mol. The van der Waals surface area contributed by atoms with E-state index in [0.29, 0.717) is 41.2 Å². The van der Waals surface area contributed by atoms with Gasteiger partial charge in [-0.3, -0.25) is 4.79 Å². The third-order valence-corrected chi connectivity index (χ3v) is 4.92. The van der Waals surface area contributed by atoms with Crippen LogP contribution in [-0.2, 0) is 11.2 Å². The second kappa shape index (κ2) is 12.0. The number of methoxy groups -OCH3 is 1. The Labute approximate surface area is 196 Å². The number of pyridine rings is 1. The van der Waals surface area contributed by atoms with Crippen LogP contribution >= 0.6 is 0 Å². The molecule has 0 saturated carbocycles. The molecule has 0 saturated heterocycles. The third-order valence-electron chi connectivity index (χ3n) is 4.92. The van der Waals surface area contributed by atoms with Gasteiger partial charge in [0.15, 0.2) is 0 Å². The average molecular weight is 461 g/mol. The minimum Gasteiger partial charge on any atom is -0.453 e. The first-order chi connectivity index (χ1) is 16.5. The molecule has 0 atom stereocenters. The number of anilines is 1. The van der Waals surface area contributed by atoms with E-state index in [2.05, 4.69) is 31.7 Å². The van der Waals surface area contributed by atoms with Crippen LogP contribution in [0.2, 0.25) is 0 Å². The van der Waals surface area contributed by atoms with Gasteiger partial charge in [-0.2, -0.15) is 5.26 Å². The number of halogens is 1. The summed E-state index contributed by atoms with van der Waals surface area (Å²) in [4.78, 5) is 28.5. The standard InChI is InChI=1S/C25H24FN5O3/c1-34-25(33)30-14-13-29-24(32)21-9-10-22(20-8-3-2-6-18(20)16-27)31-23(21)28-12-11-17-5-4-7-19(26)15-17/h2-10,15H,11-14H2,1H3,(H,28,31)(H,29,32)(H,30,33). The van der Waals surface area contributed by atoms with Gasteiger partial charge in [-0.25, -0.2) is 14.2 Å². The maximum Gasteiger partial charge on any atom is 0.406 e. The number of ether oxygens (including phenoxy) is 1. The Bertz CT molecular complexity index is 1210. The van der Waals surface area contributed by atoms with Crippen LogP contribution in [0.1, 0.15) is 21.5 Å². The normalized spacial score (nSPS) is 10.1. The predicted octanol–water partition coefficient (Wildman–Crippen LogP) is 3.50.